The fourth-order valence-corrected chi connectivity index (χ4v) is 3.08. The second-order valence-electron chi connectivity index (χ2n) is 4.95. The zero-order valence-electron chi connectivity index (χ0n) is 7.56. The number of fused-ring (bicyclic) bond motifs is 2. The maximum Gasteiger partial charge on any atom is 0.0658 e. The Morgan fingerprint density at radius 2 is 1.82 bits per heavy atom. The molecule has 0 spiro atoms. The molecule has 0 heterocycles. The number of aliphatic hydroxyl groups is 1. The van der Waals surface area contributed by atoms with E-state index in [0.717, 1.165) is 25.2 Å². The third kappa shape index (κ3) is 0.936. The Balaban J connectivity index is 2.10. The number of rotatable bonds is 1. The van der Waals surface area contributed by atoms with E-state index in [9.17, 15) is 5.11 Å². The molecule has 3 aliphatic carbocycles. The Morgan fingerprint density at radius 1 is 1.18 bits per heavy atom. The van der Waals surface area contributed by atoms with Gasteiger partial charge in [-0.2, -0.15) is 0 Å². The van der Waals surface area contributed by atoms with Crippen molar-refractivity contribution in [1.29, 1.82) is 0 Å². The van der Waals surface area contributed by atoms with Crippen molar-refractivity contribution in [2.75, 3.05) is 0 Å². The third-order valence-electron chi connectivity index (χ3n) is 3.90. The van der Waals surface area contributed by atoms with Gasteiger partial charge in [-0.25, -0.2) is 0 Å². The van der Waals surface area contributed by atoms with E-state index < -0.39 is 0 Å². The minimum atomic E-state index is -0.234. The highest BCUT2D eigenvalue weighted by Crippen LogP contribution is 2.61. The largest absolute Gasteiger partial charge is 0.390 e. The quantitative estimate of drug-likeness (QED) is 0.614. The normalized spacial score (nSPS) is 49.1. The standard InChI is InChI=1S/C10H18O/c1-8(2)9-4-3-5-10(11,6-9)7-9/h8,11H,3-7H2,1-2H3. The highest BCUT2D eigenvalue weighted by molar-refractivity contribution is 5.08. The minimum Gasteiger partial charge on any atom is -0.390 e. The molecule has 11 heavy (non-hydrogen) atoms. The van der Waals surface area contributed by atoms with Crippen molar-refractivity contribution in [2.24, 2.45) is 11.3 Å². The molecular weight excluding hydrogens is 136 g/mol. The number of hydrogen-bond donors (Lipinski definition) is 1. The molecule has 0 radical (unpaired) electrons. The molecule has 1 nitrogen and oxygen atoms in total. The molecule has 0 atom stereocenters. The molecule has 0 saturated heterocycles. The second-order valence-corrected chi connectivity index (χ2v) is 4.95. The average Bonchev–Trinajstić information content (AvgIpc) is 1.85. The van der Waals surface area contributed by atoms with Crippen LogP contribution in [-0.4, -0.2) is 10.7 Å². The van der Waals surface area contributed by atoms with E-state index in [-0.39, 0.29) is 5.60 Å². The van der Waals surface area contributed by atoms with E-state index in [1.54, 1.807) is 0 Å². The van der Waals surface area contributed by atoms with Gasteiger partial charge in [-0.15, -0.1) is 0 Å². The van der Waals surface area contributed by atoms with Gasteiger partial charge in [-0.05, 0) is 37.0 Å². The first-order chi connectivity index (χ1) is 5.06. The van der Waals surface area contributed by atoms with Crippen molar-refractivity contribution in [2.45, 2.75) is 51.6 Å². The van der Waals surface area contributed by atoms with Crippen LogP contribution in [0.3, 0.4) is 0 Å². The second kappa shape index (κ2) is 2.01. The Kier molecular flexibility index (Phi) is 1.39. The summed E-state index contributed by atoms with van der Waals surface area (Å²) < 4.78 is 0. The fourth-order valence-electron chi connectivity index (χ4n) is 3.08. The third-order valence-corrected chi connectivity index (χ3v) is 3.90. The van der Waals surface area contributed by atoms with Gasteiger partial charge >= 0.3 is 0 Å². The van der Waals surface area contributed by atoms with Gasteiger partial charge in [0, 0.05) is 0 Å². The first kappa shape index (κ1) is 7.60. The molecule has 0 aromatic carbocycles. The van der Waals surface area contributed by atoms with E-state index >= 15 is 0 Å². The van der Waals surface area contributed by atoms with Crippen LogP contribution >= 0.6 is 0 Å². The van der Waals surface area contributed by atoms with Gasteiger partial charge in [0.15, 0.2) is 0 Å². The maximum atomic E-state index is 9.85. The predicted molar refractivity (Wildman–Crippen MR) is 45.3 cm³/mol. The Labute approximate surface area is 68.8 Å². The van der Waals surface area contributed by atoms with Crippen molar-refractivity contribution in [3.05, 3.63) is 0 Å². The van der Waals surface area contributed by atoms with E-state index in [0.29, 0.717) is 5.41 Å². The van der Waals surface area contributed by atoms with Gasteiger partial charge in [0.2, 0.25) is 0 Å². The van der Waals surface area contributed by atoms with Crippen LogP contribution in [0, 0.1) is 11.3 Å². The van der Waals surface area contributed by atoms with E-state index in [2.05, 4.69) is 13.8 Å². The molecule has 1 N–H and O–H groups in total. The SMILES string of the molecule is CC(C)C12CCCC(O)(C1)C2. The molecule has 64 valence electrons. The zero-order chi connectivity index (χ0) is 8.11. The van der Waals surface area contributed by atoms with Crippen LogP contribution in [0.15, 0.2) is 0 Å². The first-order valence-corrected chi connectivity index (χ1v) is 4.79. The van der Waals surface area contributed by atoms with E-state index in [1.807, 2.05) is 0 Å². The Bertz CT molecular complexity index is 166. The first-order valence-electron chi connectivity index (χ1n) is 4.79. The highest BCUT2D eigenvalue weighted by atomic mass is 16.3. The van der Waals surface area contributed by atoms with Crippen LogP contribution in [-0.2, 0) is 0 Å². The molecule has 1 heteroatoms. The van der Waals surface area contributed by atoms with E-state index in [1.165, 1.54) is 12.8 Å². The van der Waals surface area contributed by atoms with Gasteiger partial charge in [0.1, 0.15) is 0 Å². The summed E-state index contributed by atoms with van der Waals surface area (Å²) in [6.45, 7) is 4.59. The summed E-state index contributed by atoms with van der Waals surface area (Å²) >= 11 is 0. The van der Waals surface area contributed by atoms with Crippen LogP contribution in [0.5, 0.6) is 0 Å². The molecule has 3 rings (SSSR count). The van der Waals surface area contributed by atoms with Gasteiger partial charge in [-0.3, -0.25) is 0 Å². The van der Waals surface area contributed by atoms with Crippen molar-refractivity contribution in [3.63, 3.8) is 0 Å². The minimum absolute atomic E-state index is 0.234. The molecule has 0 unspecified atom stereocenters. The van der Waals surface area contributed by atoms with Crippen molar-refractivity contribution < 1.29 is 5.11 Å². The number of hydrogen-bond acceptors (Lipinski definition) is 1. The Hall–Kier alpha value is -0.0400. The smallest absolute Gasteiger partial charge is 0.0658 e. The maximum absolute atomic E-state index is 9.85. The average molecular weight is 154 g/mol. The summed E-state index contributed by atoms with van der Waals surface area (Å²) in [6, 6.07) is 0. The molecule has 2 bridgehead atoms. The molecular formula is C10H18O. The lowest BCUT2D eigenvalue weighted by atomic mass is 9.48. The lowest BCUT2D eigenvalue weighted by Crippen LogP contribution is -2.57. The molecule has 0 aromatic heterocycles. The van der Waals surface area contributed by atoms with Gasteiger partial charge in [0.05, 0.1) is 5.60 Å². The lowest BCUT2D eigenvalue weighted by Gasteiger charge is -2.60. The van der Waals surface area contributed by atoms with Gasteiger partial charge in [0.25, 0.3) is 0 Å². The van der Waals surface area contributed by atoms with Crippen LogP contribution < -0.4 is 0 Å². The lowest BCUT2D eigenvalue weighted by molar-refractivity contribution is -0.184. The molecule has 0 amide bonds. The van der Waals surface area contributed by atoms with Crippen LogP contribution in [0.2, 0.25) is 0 Å². The van der Waals surface area contributed by atoms with Crippen molar-refractivity contribution in [1.82, 2.24) is 0 Å². The molecule has 3 aliphatic rings. The van der Waals surface area contributed by atoms with E-state index in [4.69, 9.17) is 0 Å². The summed E-state index contributed by atoms with van der Waals surface area (Å²) in [7, 11) is 0. The summed E-state index contributed by atoms with van der Waals surface area (Å²) in [5.74, 6) is 0.767. The topological polar surface area (TPSA) is 20.2 Å². The van der Waals surface area contributed by atoms with Gasteiger partial charge in [-0.1, -0.05) is 20.3 Å². The van der Waals surface area contributed by atoms with Crippen LogP contribution in [0.4, 0.5) is 0 Å². The van der Waals surface area contributed by atoms with Crippen molar-refractivity contribution >= 4 is 0 Å². The van der Waals surface area contributed by atoms with Crippen LogP contribution in [0.25, 0.3) is 0 Å². The molecule has 0 aliphatic heterocycles. The van der Waals surface area contributed by atoms with Gasteiger partial charge < -0.3 is 5.11 Å². The predicted octanol–water partition coefficient (Wildman–Crippen LogP) is 2.34. The zero-order valence-corrected chi connectivity index (χ0v) is 7.56. The highest BCUT2D eigenvalue weighted by Gasteiger charge is 2.57. The van der Waals surface area contributed by atoms with Crippen LogP contribution in [0.1, 0.15) is 46.0 Å². The molecule has 3 fully saturated rings. The van der Waals surface area contributed by atoms with Crippen molar-refractivity contribution in [3.8, 4) is 0 Å². The summed E-state index contributed by atoms with van der Waals surface area (Å²) in [4.78, 5) is 0. The monoisotopic (exact) mass is 154 g/mol. The fraction of sp³-hybridized carbons (Fsp3) is 1.00. The molecule has 0 aromatic rings. The summed E-state index contributed by atoms with van der Waals surface area (Å²) in [6.07, 6.45) is 5.82. The Morgan fingerprint density at radius 3 is 2.18 bits per heavy atom. The summed E-state index contributed by atoms with van der Waals surface area (Å²) in [5, 5.41) is 9.85. The molecule has 3 saturated carbocycles. The summed E-state index contributed by atoms with van der Waals surface area (Å²) in [5.41, 5.74) is 0.301.